The van der Waals surface area contributed by atoms with E-state index in [9.17, 15) is 25.6 Å². The van der Waals surface area contributed by atoms with Crippen LogP contribution in [0.5, 0.6) is 0 Å². The molecule has 2 rings (SSSR count). The monoisotopic (exact) mass is 325 g/mol. The molecule has 1 heterocycles. The first-order valence-electron chi connectivity index (χ1n) is 5.85. The summed E-state index contributed by atoms with van der Waals surface area (Å²) in [4.78, 5) is -0.653. The van der Waals surface area contributed by atoms with Gasteiger partial charge in [0.05, 0.1) is 11.5 Å². The summed E-state index contributed by atoms with van der Waals surface area (Å²) in [5.74, 6) is -2.43. The van der Waals surface area contributed by atoms with E-state index in [1.807, 2.05) is 0 Å². The molecule has 20 heavy (non-hydrogen) atoms. The van der Waals surface area contributed by atoms with E-state index in [0.29, 0.717) is 12.5 Å². The zero-order valence-electron chi connectivity index (χ0n) is 10.3. The lowest BCUT2D eigenvalue weighted by Crippen LogP contribution is -2.30. The molecule has 0 radical (unpaired) electrons. The number of benzene rings is 1. The van der Waals surface area contributed by atoms with Gasteiger partial charge in [0.1, 0.15) is 16.5 Å². The molecule has 0 saturated carbocycles. The van der Waals surface area contributed by atoms with Gasteiger partial charge in [0.15, 0.2) is 9.84 Å². The van der Waals surface area contributed by atoms with E-state index in [4.69, 9.17) is 0 Å². The predicted octanol–water partition coefficient (Wildman–Crippen LogP) is 0.678. The van der Waals surface area contributed by atoms with Crippen LogP contribution in [0.2, 0.25) is 0 Å². The molecule has 1 aromatic rings. The minimum Gasteiger partial charge on any atom is -0.229 e. The first-order chi connectivity index (χ1) is 9.20. The van der Waals surface area contributed by atoms with Gasteiger partial charge in [0.25, 0.3) is 0 Å². The molecule has 0 spiro atoms. The summed E-state index contributed by atoms with van der Waals surface area (Å²) in [6.45, 7) is -0.0849. The van der Waals surface area contributed by atoms with Gasteiger partial charge in [-0.25, -0.2) is 30.3 Å². The van der Waals surface area contributed by atoms with E-state index >= 15 is 0 Å². The molecule has 1 N–H and O–H groups in total. The van der Waals surface area contributed by atoms with Gasteiger partial charge in [0, 0.05) is 12.6 Å². The number of sulfonamides is 1. The Morgan fingerprint density at radius 1 is 1.30 bits per heavy atom. The van der Waals surface area contributed by atoms with Crippen LogP contribution in [-0.2, 0) is 19.9 Å². The maximum Gasteiger partial charge on any atom is 0.243 e. The molecule has 0 aromatic heterocycles. The lowest BCUT2D eigenvalue weighted by atomic mass is 10.1. The Balaban J connectivity index is 2.08. The fourth-order valence-corrected chi connectivity index (χ4v) is 5.07. The fourth-order valence-electron chi connectivity index (χ4n) is 2.03. The molecule has 9 heteroatoms. The van der Waals surface area contributed by atoms with Crippen LogP contribution in [0, 0.1) is 17.6 Å². The van der Waals surface area contributed by atoms with E-state index in [-0.39, 0.29) is 24.0 Å². The Kier molecular flexibility index (Phi) is 4.12. The van der Waals surface area contributed by atoms with E-state index in [1.54, 1.807) is 0 Å². The number of sulfone groups is 1. The molecule has 0 amide bonds. The van der Waals surface area contributed by atoms with Gasteiger partial charge in [0.2, 0.25) is 10.0 Å². The number of nitrogens with one attached hydrogen (secondary N) is 1. The minimum atomic E-state index is -4.12. The molecular formula is C11H13F2NO4S2. The van der Waals surface area contributed by atoms with Crippen molar-refractivity contribution in [1.29, 1.82) is 0 Å². The Morgan fingerprint density at radius 3 is 2.55 bits per heavy atom. The highest BCUT2D eigenvalue weighted by atomic mass is 32.2. The highest BCUT2D eigenvalue weighted by Gasteiger charge is 2.29. The quantitative estimate of drug-likeness (QED) is 0.883. The highest BCUT2D eigenvalue weighted by molar-refractivity contribution is 7.91. The Bertz CT molecular complexity index is 716. The fraction of sp³-hybridized carbons (Fsp3) is 0.455. The van der Waals surface area contributed by atoms with Gasteiger partial charge < -0.3 is 0 Å². The highest BCUT2D eigenvalue weighted by Crippen LogP contribution is 2.19. The van der Waals surface area contributed by atoms with Crippen LogP contribution in [0.1, 0.15) is 6.42 Å². The van der Waals surface area contributed by atoms with Crippen molar-refractivity contribution in [3.05, 3.63) is 29.8 Å². The third kappa shape index (κ3) is 3.53. The summed E-state index contributed by atoms with van der Waals surface area (Å²) in [5, 5.41) is 0. The molecule has 0 bridgehead atoms. The summed E-state index contributed by atoms with van der Waals surface area (Å²) in [7, 11) is -7.22. The average Bonchev–Trinajstić information content (AvgIpc) is 2.66. The molecule has 1 aliphatic rings. The van der Waals surface area contributed by atoms with Gasteiger partial charge in [-0.2, -0.15) is 0 Å². The van der Waals surface area contributed by atoms with Crippen molar-refractivity contribution in [3.8, 4) is 0 Å². The largest absolute Gasteiger partial charge is 0.243 e. The van der Waals surface area contributed by atoms with Crippen molar-refractivity contribution < 1.29 is 25.6 Å². The zero-order chi connectivity index (χ0) is 15.0. The lowest BCUT2D eigenvalue weighted by Gasteiger charge is -2.11. The van der Waals surface area contributed by atoms with Gasteiger partial charge in [-0.1, -0.05) is 0 Å². The summed E-state index contributed by atoms with van der Waals surface area (Å²) in [6.07, 6.45) is 0.372. The maximum absolute atomic E-state index is 13.4. The summed E-state index contributed by atoms with van der Waals surface area (Å²) < 4.78 is 74.5. The molecule has 1 aromatic carbocycles. The number of halogens is 2. The van der Waals surface area contributed by atoms with Crippen molar-refractivity contribution in [1.82, 2.24) is 4.72 Å². The van der Waals surface area contributed by atoms with Crippen molar-refractivity contribution in [2.24, 2.45) is 5.92 Å². The summed E-state index contributed by atoms with van der Waals surface area (Å²) >= 11 is 0. The number of hydrogen-bond donors (Lipinski definition) is 1. The molecule has 1 saturated heterocycles. The second-order valence-electron chi connectivity index (χ2n) is 4.70. The topological polar surface area (TPSA) is 80.3 Å². The molecule has 0 aliphatic carbocycles. The van der Waals surface area contributed by atoms with Crippen LogP contribution in [0.15, 0.2) is 23.1 Å². The normalized spacial score (nSPS) is 22.0. The summed E-state index contributed by atoms with van der Waals surface area (Å²) in [5.41, 5.74) is 0. The lowest BCUT2D eigenvalue weighted by molar-refractivity contribution is 0.527. The average molecular weight is 325 g/mol. The Hall–Kier alpha value is -1.06. The Labute approximate surface area is 116 Å². The van der Waals surface area contributed by atoms with Crippen molar-refractivity contribution in [3.63, 3.8) is 0 Å². The van der Waals surface area contributed by atoms with Crippen LogP contribution in [-0.4, -0.2) is 34.9 Å². The van der Waals surface area contributed by atoms with Crippen molar-refractivity contribution in [2.45, 2.75) is 11.3 Å². The van der Waals surface area contributed by atoms with Crippen LogP contribution >= 0.6 is 0 Å². The second kappa shape index (κ2) is 5.38. The first kappa shape index (κ1) is 15.3. The van der Waals surface area contributed by atoms with E-state index in [2.05, 4.69) is 4.72 Å². The van der Waals surface area contributed by atoms with Gasteiger partial charge >= 0.3 is 0 Å². The second-order valence-corrected chi connectivity index (χ2v) is 8.66. The molecule has 0 unspecified atom stereocenters. The third-order valence-electron chi connectivity index (χ3n) is 3.07. The van der Waals surface area contributed by atoms with E-state index < -0.39 is 36.4 Å². The van der Waals surface area contributed by atoms with Crippen molar-refractivity contribution in [2.75, 3.05) is 18.1 Å². The van der Waals surface area contributed by atoms with E-state index in [0.717, 1.165) is 12.1 Å². The van der Waals surface area contributed by atoms with Crippen molar-refractivity contribution >= 4 is 19.9 Å². The minimum absolute atomic E-state index is 0.0320. The molecule has 112 valence electrons. The van der Waals surface area contributed by atoms with Crippen LogP contribution in [0.4, 0.5) is 8.78 Å². The predicted molar refractivity (Wildman–Crippen MR) is 68.3 cm³/mol. The maximum atomic E-state index is 13.4. The SMILES string of the molecule is O=S1(=O)CC[C@H](CNS(=O)(=O)c2ccc(F)cc2F)C1. The number of rotatable bonds is 4. The third-order valence-corrected chi connectivity index (χ3v) is 6.37. The number of hydrogen-bond acceptors (Lipinski definition) is 4. The molecular weight excluding hydrogens is 312 g/mol. The smallest absolute Gasteiger partial charge is 0.229 e. The first-order valence-corrected chi connectivity index (χ1v) is 9.15. The molecule has 1 atom stereocenters. The summed E-state index contributed by atoms with van der Waals surface area (Å²) in [6, 6.07) is 2.16. The van der Waals surface area contributed by atoms with E-state index in [1.165, 1.54) is 0 Å². The van der Waals surface area contributed by atoms with Gasteiger partial charge in [-0.3, -0.25) is 0 Å². The van der Waals surface area contributed by atoms with Gasteiger partial charge in [-0.05, 0) is 24.5 Å². The standard InChI is InChI=1S/C11H13F2NO4S2/c12-9-1-2-11(10(13)5-9)20(17,18)14-6-8-3-4-19(15,16)7-8/h1-2,5,8,14H,3-4,6-7H2/t8-/m1/s1. The van der Waals surface area contributed by atoms with Crippen LogP contribution in [0.3, 0.4) is 0 Å². The molecule has 5 nitrogen and oxygen atoms in total. The zero-order valence-corrected chi connectivity index (χ0v) is 12.0. The Morgan fingerprint density at radius 2 is 2.00 bits per heavy atom. The van der Waals surface area contributed by atoms with Gasteiger partial charge in [-0.15, -0.1) is 0 Å². The molecule has 1 aliphatic heterocycles. The molecule has 1 fully saturated rings. The van der Waals surface area contributed by atoms with Crippen LogP contribution in [0.25, 0.3) is 0 Å². The van der Waals surface area contributed by atoms with Crippen LogP contribution < -0.4 is 4.72 Å².